The summed E-state index contributed by atoms with van der Waals surface area (Å²) >= 11 is 11.9. The Kier molecular flexibility index (Phi) is 5.78. The smallest absolute Gasteiger partial charge is 0.255 e. The van der Waals surface area contributed by atoms with Crippen molar-refractivity contribution >= 4 is 40.6 Å². The summed E-state index contributed by atoms with van der Waals surface area (Å²) in [5.74, 6) is 0.631. The van der Waals surface area contributed by atoms with E-state index in [9.17, 15) is 4.79 Å². The third kappa shape index (κ3) is 4.42. The van der Waals surface area contributed by atoms with Crippen molar-refractivity contribution in [2.45, 2.75) is 6.92 Å². The van der Waals surface area contributed by atoms with E-state index < -0.39 is 0 Å². The number of benzene rings is 1. The van der Waals surface area contributed by atoms with Crippen molar-refractivity contribution in [1.82, 2.24) is 9.88 Å². The lowest BCUT2D eigenvalue weighted by Crippen LogP contribution is -2.46. The van der Waals surface area contributed by atoms with Crippen LogP contribution >= 0.6 is 23.2 Å². The van der Waals surface area contributed by atoms with Crippen LogP contribution in [-0.4, -0.2) is 48.5 Å². The highest BCUT2D eigenvalue weighted by Gasteiger charge is 2.18. The molecule has 25 heavy (non-hydrogen) atoms. The lowest BCUT2D eigenvalue weighted by Gasteiger charge is -2.34. The Morgan fingerprint density at radius 3 is 2.56 bits per heavy atom. The van der Waals surface area contributed by atoms with Crippen molar-refractivity contribution in [2.75, 3.05) is 42.9 Å². The van der Waals surface area contributed by atoms with Crippen LogP contribution in [0.1, 0.15) is 17.3 Å². The van der Waals surface area contributed by atoms with E-state index >= 15 is 0 Å². The minimum Gasteiger partial charge on any atom is -0.354 e. The number of pyridine rings is 1. The zero-order chi connectivity index (χ0) is 17.8. The molecule has 0 bridgehead atoms. The molecule has 2 aromatic rings. The maximum absolute atomic E-state index is 12.5. The average molecular weight is 379 g/mol. The minimum absolute atomic E-state index is 0.200. The summed E-state index contributed by atoms with van der Waals surface area (Å²) in [6, 6.07) is 8.55. The predicted octanol–water partition coefficient (Wildman–Crippen LogP) is 3.78. The normalized spacial score (nSPS) is 15.2. The lowest BCUT2D eigenvalue weighted by atomic mass is 10.2. The van der Waals surface area contributed by atoms with E-state index in [-0.39, 0.29) is 5.91 Å². The topological polar surface area (TPSA) is 48.5 Å². The maximum Gasteiger partial charge on any atom is 0.255 e. The SMILES string of the molecule is CCN1CCN(c2cc(C(=O)Nc3ccc(Cl)c(Cl)c3)ccn2)CC1. The van der Waals surface area contributed by atoms with Crippen LogP contribution < -0.4 is 10.2 Å². The summed E-state index contributed by atoms with van der Waals surface area (Å²) in [6.45, 7) is 7.09. The lowest BCUT2D eigenvalue weighted by molar-refractivity contribution is 0.102. The third-order valence-corrected chi connectivity index (χ3v) is 5.07. The Morgan fingerprint density at radius 2 is 1.88 bits per heavy atom. The van der Waals surface area contributed by atoms with Crippen LogP contribution in [0, 0.1) is 0 Å². The van der Waals surface area contributed by atoms with Gasteiger partial charge in [0, 0.05) is 43.6 Å². The average Bonchev–Trinajstić information content (AvgIpc) is 2.65. The van der Waals surface area contributed by atoms with Crippen LogP contribution in [0.4, 0.5) is 11.5 Å². The number of carbonyl (C=O) groups excluding carboxylic acids is 1. The van der Waals surface area contributed by atoms with Gasteiger partial charge < -0.3 is 15.1 Å². The number of likely N-dealkylation sites (N-methyl/N-ethyl adjacent to an activating group) is 1. The minimum atomic E-state index is -0.200. The second-order valence-corrected chi connectivity index (χ2v) is 6.72. The molecule has 0 radical (unpaired) electrons. The fourth-order valence-electron chi connectivity index (χ4n) is 2.80. The molecule has 5 nitrogen and oxygen atoms in total. The Hall–Kier alpha value is -1.82. The van der Waals surface area contributed by atoms with E-state index in [1.165, 1.54) is 0 Å². The second-order valence-electron chi connectivity index (χ2n) is 5.91. The number of amides is 1. The number of hydrogen-bond donors (Lipinski definition) is 1. The molecule has 1 fully saturated rings. The first-order valence-electron chi connectivity index (χ1n) is 8.26. The number of nitrogens with zero attached hydrogens (tertiary/aromatic N) is 3. The molecule has 1 aliphatic rings. The van der Waals surface area contributed by atoms with Gasteiger partial charge in [0.1, 0.15) is 5.82 Å². The number of carbonyl (C=O) groups is 1. The van der Waals surface area contributed by atoms with Crippen LogP contribution in [0.3, 0.4) is 0 Å². The van der Waals surface area contributed by atoms with Crippen LogP contribution in [0.2, 0.25) is 10.0 Å². The number of piperazine rings is 1. The molecule has 1 aliphatic heterocycles. The zero-order valence-corrected chi connectivity index (χ0v) is 15.5. The number of anilines is 2. The number of hydrogen-bond acceptors (Lipinski definition) is 4. The zero-order valence-electron chi connectivity index (χ0n) is 14.0. The number of rotatable bonds is 4. The molecule has 1 saturated heterocycles. The Morgan fingerprint density at radius 1 is 1.12 bits per heavy atom. The highest BCUT2D eigenvalue weighted by atomic mass is 35.5. The van der Waals surface area contributed by atoms with Crippen molar-refractivity contribution in [3.63, 3.8) is 0 Å². The molecule has 0 saturated carbocycles. The van der Waals surface area contributed by atoms with Gasteiger partial charge in [-0.25, -0.2) is 4.98 Å². The van der Waals surface area contributed by atoms with E-state index in [1.54, 1.807) is 30.5 Å². The van der Waals surface area contributed by atoms with Crippen molar-refractivity contribution in [1.29, 1.82) is 0 Å². The first kappa shape index (κ1) is 18.0. The van der Waals surface area contributed by atoms with Crippen LogP contribution in [0.25, 0.3) is 0 Å². The molecule has 0 unspecified atom stereocenters. The van der Waals surface area contributed by atoms with Gasteiger partial charge in [-0.2, -0.15) is 0 Å². The van der Waals surface area contributed by atoms with Crippen LogP contribution in [0.5, 0.6) is 0 Å². The van der Waals surface area contributed by atoms with Crippen molar-refractivity contribution in [3.8, 4) is 0 Å². The Bertz CT molecular complexity index is 760. The predicted molar refractivity (Wildman–Crippen MR) is 103 cm³/mol. The third-order valence-electron chi connectivity index (χ3n) is 4.33. The van der Waals surface area contributed by atoms with Gasteiger partial charge >= 0.3 is 0 Å². The largest absolute Gasteiger partial charge is 0.354 e. The summed E-state index contributed by atoms with van der Waals surface area (Å²) in [5.41, 5.74) is 1.17. The molecule has 1 aromatic heterocycles. The van der Waals surface area contributed by atoms with E-state index in [4.69, 9.17) is 23.2 Å². The summed E-state index contributed by atoms with van der Waals surface area (Å²) in [7, 11) is 0. The van der Waals surface area contributed by atoms with Crippen molar-refractivity contribution < 1.29 is 4.79 Å². The fourth-order valence-corrected chi connectivity index (χ4v) is 3.10. The molecule has 0 atom stereocenters. The molecule has 1 N–H and O–H groups in total. The van der Waals surface area contributed by atoms with Crippen LogP contribution in [0.15, 0.2) is 36.5 Å². The van der Waals surface area contributed by atoms with E-state index in [0.717, 1.165) is 38.5 Å². The van der Waals surface area contributed by atoms with E-state index in [0.29, 0.717) is 21.3 Å². The summed E-state index contributed by atoms with van der Waals surface area (Å²) in [5, 5.41) is 3.70. The number of nitrogens with one attached hydrogen (secondary N) is 1. The Labute approximate surface area is 157 Å². The molecular weight excluding hydrogens is 359 g/mol. The molecule has 2 heterocycles. The summed E-state index contributed by atoms with van der Waals surface area (Å²) in [6.07, 6.45) is 1.67. The highest BCUT2D eigenvalue weighted by Crippen LogP contribution is 2.25. The molecular formula is C18H20Cl2N4O. The fraction of sp³-hybridized carbons (Fsp3) is 0.333. The van der Waals surface area contributed by atoms with Crippen molar-refractivity contribution in [3.05, 3.63) is 52.1 Å². The molecule has 1 amide bonds. The highest BCUT2D eigenvalue weighted by molar-refractivity contribution is 6.42. The van der Waals surface area contributed by atoms with Gasteiger partial charge in [-0.15, -0.1) is 0 Å². The van der Waals surface area contributed by atoms with Gasteiger partial charge in [0.15, 0.2) is 0 Å². The second kappa shape index (κ2) is 8.04. The van der Waals surface area contributed by atoms with Crippen LogP contribution in [-0.2, 0) is 0 Å². The van der Waals surface area contributed by atoms with E-state index in [2.05, 4.69) is 27.0 Å². The standard InChI is InChI=1S/C18H20Cl2N4O/c1-2-23-7-9-24(10-8-23)17-11-13(5-6-21-17)18(25)22-14-3-4-15(19)16(20)12-14/h3-6,11-12H,2,7-10H2,1H3,(H,22,25). The molecule has 132 valence electrons. The van der Waals surface area contributed by atoms with Crippen molar-refractivity contribution in [2.24, 2.45) is 0 Å². The van der Waals surface area contributed by atoms with Gasteiger partial charge in [0.05, 0.1) is 10.0 Å². The van der Waals surface area contributed by atoms with Gasteiger partial charge in [-0.05, 0) is 36.9 Å². The summed E-state index contributed by atoms with van der Waals surface area (Å²) in [4.78, 5) is 21.5. The van der Waals surface area contributed by atoms with E-state index in [1.807, 2.05) is 6.07 Å². The molecule has 0 spiro atoms. The van der Waals surface area contributed by atoms with Gasteiger partial charge in [0.2, 0.25) is 0 Å². The van der Waals surface area contributed by atoms with Gasteiger partial charge in [-0.1, -0.05) is 30.1 Å². The van der Waals surface area contributed by atoms with Gasteiger partial charge in [-0.3, -0.25) is 4.79 Å². The first-order chi connectivity index (χ1) is 12.1. The van der Waals surface area contributed by atoms with Gasteiger partial charge in [0.25, 0.3) is 5.91 Å². The first-order valence-corrected chi connectivity index (χ1v) is 9.02. The Balaban J connectivity index is 1.70. The quantitative estimate of drug-likeness (QED) is 0.879. The molecule has 0 aliphatic carbocycles. The maximum atomic E-state index is 12.5. The number of aromatic nitrogens is 1. The monoisotopic (exact) mass is 378 g/mol. The summed E-state index contributed by atoms with van der Waals surface area (Å²) < 4.78 is 0. The molecule has 7 heteroatoms. The molecule has 3 rings (SSSR count). The molecule has 1 aromatic carbocycles. The number of halogens is 2.